The first-order valence-electron chi connectivity index (χ1n) is 5.40. The molecule has 3 heteroatoms. The van der Waals surface area contributed by atoms with Gasteiger partial charge < -0.3 is 9.47 Å². The average Bonchev–Trinajstić information content (AvgIpc) is 2.91. The maximum Gasteiger partial charge on any atom is 0.170 e. The van der Waals surface area contributed by atoms with Gasteiger partial charge in [-0.05, 0) is 12.8 Å². The predicted molar refractivity (Wildman–Crippen MR) is 48.5 cm³/mol. The molecule has 13 heavy (non-hydrogen) atoms. The molecule has 1 aliphatic carbocycles. The summed E-state index contributed by atoms with van der Waals surface area (Å²) in [6, 6.07) is 0.902. The molecular weight excluding hydrogens is 166 g/mol. The highest BCUT2D eigenvalue weighted by Gasteiger charge is 2.42. The Balaban J connectivity index is 1.59. The van der Waals surface area contributed by atoms with Crippen LogP contribution in [0, 0.1) is 0 Å². The minimum atomic E-state index is -0.175. The summed E-state index contributed by atoms with van der Waals surface area (Å²) in [7, 11) is 0. The Hall–Kier alpha value is -0.120. The third-order valence-electron chi connectivity index (χ3n) is 3.44. The summed E-state index contributed by atoms with van der Waals surface area (Å²) >= 11 is 0. The van der Waals surface area contributed by atoms with Gasteiger partial charge in [0.1, 0.15) is 0 Å². The number of piperidine rings is 1. The summed E-state index contributed by atoms with van der Waals surface area (Å²) in [4.78, 5) is 2.59. The molecule has 3 rings (SSSR count). The molecule has 0 atom stereocenters. The Morgan fingerprint density at radius 3 is 2.15 bits per heavy atom. The molecule has 0 aromatic heterocycles. The molecule has 0 N–H and O–H groups in total. The minimum Gasteiger partial charge on any atom is -0.347 e. The highest BCUT2D eigenvalue weighted by atomic mass is 16.7. The molecule has 3 aliphatic rings. The van der Waals surface area contributed by atoms with Crippen molar-refractivity contribution in [2.45, 2.75) is 37.5 Å². The van der Waals surface area contributed by atoms with Crippen molar-refractivity contribution >= 4 is 0 Å². The molecule has 1 spiro atoms. The first kappa shape index (κ1) is 8.21. The van der Waals surface area contributed by atoms with Crippen molar-refractivity contribution in [3.63, 3.8) is 0 Å². The van der Waals surface area contributed by atoms with E-state index in [-0.39, 0.29) is 5.79 Å². The Kier molecular flexibility index (Phi) is 1.86. The van der Waals surface area contributed by atoms with Gasteiger partial charge >= 0.3 is 0 Å². The molecule has 2 aliphatic heterocycles. The van der Waals surface area contributed by atoms with Crippen LogP contribution in [0.2, 0.25) is 0 Å². The second-order valence-electron chi connectivity index (χ2n) is 4.37. The summed E-state index contributed by atoms with van der Waals surface area (Å²) in [6.45, 7) is 3.93. The molecule has 0 bridgehead atoms. The second-order valence-corrected chi connectivity index (χ2v) is 4.37. The normalized spacial score (nSPS) is 34.2. The van der Waals surface area contributed by atoms with Crippen LogP contribution in [-0.2, 0) is 9.47 Å². The second kappa shape index (κ2) is 2.94. The lowest BCUT2D eigenvalue weighted by Crippen LogP contribution is -2.45. The SMILES string of the molecule is C1COC2(CCN(C3CC3)CC2)O1. The van der Waals surface area contributed by atoms with Gasteiger partial charge in [0.2, 0.25) is 0 Å². The Morgan fingerprint density at radius 1 is 1.00 bits per heavy atom. The molecule has 0 unspecified atom stereocenters. The lowest BCUT2D eigenvalue weighted by molar-refractivity contribution is -0.185. The first-order valence-corrected chi connectivity index (χ1v) is 5.40. The fraction of sp³-hybridized carbons (Fsp3) is 1.00. The molecule has 0 amide bonds. The van der Waals surface area contributed by atoms with Gasteiger partial charge in [-0.1, -0.05) is 0 Å². The fourth-order valence-corrected chi connectivity index (χ4v) is 2.46. The molecule has 0 radical (unpaired) electrons. The van der Waals surface area contributed by atoms with Gasteiger partial charge in [0.15, 0.2) is 5.79 Å². The monoisotopic (exact) mass is 183 g/mol. The predicted octanol–water partition coefficient (Wildman–Crippen LogP) is 0.988. The van der Waals surface area contributed by atoms with E-state index in [1.807, 2.05) is 0 Å². The lowest BCUT2D eigenvalue weighted by Gasteiger charge is -2.37. The Bertz CT molecular complexity index is 187. The summed E-state index contributed by atoms with van der Waals surface area (Å²) in [5.74, 6) is -0.175. The van der Waals surface area contributed by atoms with Crippen LogP contribution in [0.15, 0.2) is 0 Å². The zero-order chi connectivity index (χ0) is 8.73. The van der Waals surface area contributed by atoms with Crippen molar-refractivity contribution < 1.29 is 9.47 Å². The molecule has 2 heterocycles. The van der Waals surface area contributed by atoms with Crippen LogP contribution in [0.5, 0.6) is 0 Å². The van der Waals surface area contributed by atoms with Crippen LogP contribution in [0.1, 0.15) is 25.7 Å². The largest absolute Gasteiger partial charge is 0.347 e. The quantitative estimate of drug-likeness (QED) is 0.605. The Labute approximate surface area is 79.0 Å². The number of likely N-dealkylation sites (tertiary alicyclic amines) is 1. The Morgan fingerprint density at radius 2 is 1.62 bits per heavy atom. The van der Waals surface area contributed by atoms with Crippen LogP contribution in [-0.4, -0.2) is 43.0 Å². The van der Waals surface area contributed by atoms with E-state index in [2.05, 4.69) is 4.90 Å². The molecule has 3 fully saturated rings. The number of ether oxygens (including phenoxy) is 2. The van der Waals surface area contributed by atoms with E-state index in [0.717, 1.165) is 32.1 Å². The molecule has 2 saturated heterocycles. The van der Waals surface area contributed by atoms with Crippen molar-refractivity contribution in [3.8, 4) is 0 Å². The molecular formula is C10H17NO2. The van der Waals surface area contributed by atoms with E-state index >= 15 is 0 Å². The highest BCUT2D eigenvalue weighted by molar-refractivity contribution is 4.90. The highest BCUT2D eigenvalue weighted by Crippen LogP contribution is 2.36. The fourth-order valence-electron chi connectivity index (χ4n) is 2.46. The smallest absolute Gasteiger partial charge is 0.170 e. The van der Waals surface area contributed by atoms with Gasteiger partial charge in [-0.15, -0.1) is 0 Å². The van der Waals surface area contributed by atoms with Gasteiger partial charge in [-0.2, -0.15) is 0 Å². The van der Waals surface area contributed by atoms with Gasteiger partial charge in [0.25, 0.3) is 0 Å². The van der Waals surface area contributed by atoms with E-state index in [4.69, 9.17) is 9.47 Å². The summed E-state index contributed by atoms with van der Waals surface area (Å²) in [5.41, 5.74) is 0. The molecule has 74 valence electrons. The van der Waals surface area contributed by atoms with Crippen LogP contribution in [0.25, 0.3) is 0 Å². The molecule has 0 aromatic carbocycles. The maximum absolute atomic E-state index is 5.68. The summed E-state index contributed by atoms with van der Waals surface area (Å²) < 4.78 is 11.4. The van der Waals surface area contributed by atoms with Crippen LogP contribution in [0.3, 0.4) is 0 Å². The van der Waals surface area contributed by atoms with Gasteiger partial charge in [0.05, 0.1) is 13.2 Å². The first-order chi connectivity index (χ1) is 6.38. The van der Waals surface area contributed by atoms with Crippen molar-refractivity contribution in [1.29, 1.82) is 0 Å². The number of rotatable bonds is 1. The lowest BCUT2D eigenvalue weighted by atomic mass is 10.0. The number of hydrogen-bond donors (Lipinski definition) is 0. The minimum absolute atomic E-state index is 0.175. The van der Waals surface area contributed by atoms with Crippen molar-refractivity contribution in [2.75, 3.05) is 26.3 Å². The van der Waals surface area contributed by atoms with E-state index in [1.165, 1.54) is 25.9 Å². The van der Waals surface area contributed by atoms with Crippen LogP contribution in [0.4, 0.5) is 0 Å². The van der Waals surface area contributed by atoms with Crippen molar-refractivity contribution in [2.24, 2.45) is 0 Å². The third kappa shape index (κ3) is 1.49. The van der Waals surface area contributed by atoms with Crippen molar-refractivity contribution in [1.82, 2.24) is 4.90 Å². The van der Waals surface area contributed by atoms with Gasteiger partial charge in [-0.25, -0.2) is 0 Å². The van der Waals surface area contributed by atoms with Gasteiger partial charge in [0, 0.05) is 32.0 Å². The van der Waals surface area contributed by atoms with E-state index in [9.17, 15) is 0 Å². The summed E-state index contributed by atoms with van der Waals surface area (Å²) in [6.07, 6.45) is 4.97. The van der Waals surface area contributed by atoms with Crippen molar-refractivity contribution in [3.05, 3.63) is 0 Å². The third-order valence-corrected chi connectivity index (χ3v) is 3.44. The maximum atomic E-state index is 5.68. The standard InChI is InChI=1S/C10H17NO2/c1-2-9(1)11-5-3-10(4-6-11)12-7-8-13-10/h9H,1-8H2. The van der Waals surface area contributed by atoms with Crippen LogP contribution >= 0.6 is 0 Å². The topological polar surface area (TPSA) is 21.7 Å². The average molecular weight is 183 g/mol. The van der Waals surface area contributed by atoms with E-state index < -0.39 is 0 Å². The number of hydrogen-bond acceptors (Lipinski definition) is 3. The van der Waals surface area contributed by atoms with Crippen LogP contribution < -0.4 is 0 Å². The molecule has 1 saturated carbocycles. The zero-order valence-corrected chi connectivity index (χ0v) is 8.00. The number of nitrogens with zero attached hydrogens (tertiary/aromatic N) is 1. The zero-order valence-electron chi connectivity index (χ0n) is 8.00. The van der Waals surface area contributed by atoms with Gasteiger partial charge in [-0.3, -0.25) is 4.90 Å². The molecule has 3 nitrogen and oxygen atoms in total. The molecule has 0 aromatic rings. The summed E-state index contributed by atoms with van der Waals surface area (Å²) in [5, 5.41) is 0. The van der Waals surface area contributed by atoms with E-state index in [1.54, 1.807) is 0 Å². The van der Waals surface area contributed by atoms with E-state index in [0.29, 0.717) is 0 Å².